The van der Waals surface area contributed by atoms with Gasteiger partial charge in [-0.05, 0) is 23.3 Å². The molecule has 3 nitrogen and oxygen atoms in total. The maximum Gasteiger partial charge on any atom is 0.228 e. The Morgan fingerprint density at radius 3 is 1.96 bits per heavy atom. The summed E-state index contributed by atoms with van der Waals surface area (Å²) in [6, 6.07) is 30.5. The van der Waals surface area contributed by atoms with Crippen molar-refractivity contribution in [3.63, 3.8) is 0 Å². The Kier molecular flexibility index (Phi) is 4.13. The van der Waals surface area contributed by atoms with Crippen LogP contribution in [-0.4, -0.2) is 10.9 Å². The van der Waals surface area contributed by atoms with Gasteiger partial charge in [0.05, 0.1) is 17.1 Å². The Morgan fingerprint density at radius 2 is 1.32 bits per heavy atom. The van der Waals surface area contributed by atoms with Crippen molar-refractivity contribution in [2.24, 2.45) is 5.92 Å². The summed E-state index contributed by atoms with van der Waals surface area (Å²) >= 11 is 0. The van der Waals surface area contributed by atoms with Crippen LogP contribution in [0.25, 0.3) is 10.9 Å². The lowest BCUT2D eigenvalue weighted by Crippen LogP contribution is -2.15. The highest BCUT2D eigenvalue weighted by Gasteiger charge is 2.55. The van der Waals surface area contributed by atoms with Gasteiger partial charge in [-0.2, -0.15) is 0 Å². The summed E-state index contributed by atoms with van der Waals surface area (Å²) in [4.78, 5) is 17.7. The molecule has 1 fully saturated rings. The third-order valence-corrected chi connectivity index (χ3v) is 5.58. The number of pyridine rings is 1. The van der Waals surface area contributed by atoms with Crippen molar-refractivity contribution in [3.05, 3.63) is 108 Å². The molecule has 28 heavy (non-hydrogen) atoms. The van der Waals surface area contributed by atoms with Gasteiger partial charge in [-0.3, -0.25) is 9.78 Å². The standard InChI is InChI=1S/C25H20N2O/c28-25(27-20-15-7-13-19-14-8-16-26-24(19)20)23-21(17-9-3-1-4-10-17)22(23)18-11-5-2-6-12-18/h1-16,21-23H,(H,27,28)/t21-,22+,23?. The van der Waals surface area contributed by atoms with E-state index in [2.05, 4.69) is 34.6 Å². The molecule has 1 aromatic heterocycles. The lowest BCUT2D eigenvalue weighted by molar-refractivity contribution is -0.117. The molecule has 1 unspecified atom stereocenters. The predicted octanol–water partition coefficient (Wildman–Crippen LogP) is 5.37. The first-order valence-electron chi connectivity index (χ1n) is 9.57. The number of anilines is 1. The van der Waals surface area contributed by atoms with Crippen LogP contribution in [0.4, 0.5) is 5.69 Å². The lowest BCUT2D eigenvalue weighted by atomic mass is 10.0. The number of fused-ring (bicyclic) bond motifs is 1. The minimum absolute atomic E-state index is 0.0564. The first-order chi connectivity index (χ1) is 13.8. The van der Waals surface area contributed by atoms with Crippen molar-refractivity contribution >= 4 is 22.5 Å². The van der Waals surface area contributed by atoms with Gasteiger partial charge in [-0.1, -0.05) is 78.9 Å². The maximum absolute atomic E-state index is 13.2. The molecular weight excluding hydrogens is 344 g/mol. The van der Waals surface area contributed by atoms with Crippen LogP contribution in [0.5, 0.6) is 0 Å². The Balaban J connectivity index is 1.47. The van der Waals surface area contributed by atoms with Gasteiger partial charge >= 0.3 is 0 Å². The lowest BCUT2D eigenvalue weighted by Gasteiger charge is -2.08. The molecule has 0 spiro atoms. The number of aromatic nitrogens is 1. The van der Waals surface area contributed by atoms with E-state index in [-0.39, 0.29) is 23.7 Å². The van der Waals surface area contributed by atoms with Gasteiger partial charge in [-0.15, -0.1) is 0 Å². The van der Waals surface area contributed by atoms with Crippen LogP contribution in [-0.2, 0) is 4.79 Å². The average Bonchev–Trinajstić information content (AvgIpc) is 3.51. The topological polar surface area (TPSA) is 42.0 Å². The van der Waals surface area contributed by atoms with E-state index >= 15 is 0 Å². The van der Waals surface area contributed by atoms with E-state index in [1.165, 1.54) is 11.1 Å². The van der Waals surface area contributed by atoms with Crippen LogP contribution in [0.1, 0.15) is 23.0 Å². The fraction of sp³-hybridized carbons (Fsp3) is 0.120. The first kappa shape index (κ1) is 16.7. The van der Waals surface area contributed by atoms with Gasteiger partial charge < -0.3 is 5.32 Å². The van der Waals surface area contributed by atoms with Gasteiger partial charge in [0, 0.05) is 23.4 Å². The summed E-state index contributed by atoms with van der Waals surface area (Å²) in [5.41, 5.74) is 4.03. The Labute approximate surface area is 164 Å². The van der Waals surface area contributed by atoms with Gasteiger partial charge in [0.1, 0.15) is 0 Å². The Morgan fingerprint density at radius 1 is 0.714 bits per heavy atom. The number of nitrogens with one attached hydrogen (secondary N) is 1. The zero-order chi connectivity index (χ0) is 18.9. The molecule has 5 rings (SSSR count). The van der Waals surface area contributed by atoms with E-state index in [1.807, 2.05) is 66.7 Å². The second kappa shape index (κ2) is 6.93. The molecule has 3 aromatic carbocycles. The van der Waals surface area contributed by atoms with E-state index in [9.17, 15) is 4.79 Å². The van der Waals surface area contributed by atoms with Gasteiger partial charge in [0.15, 0.2) is 0 Å². The molecule has 1 N–H and O–H groups in total. The van der Waals surface area contributed by atoms with Gasteiger partial charge in [0.25, 0.3) is 0 Å². The molecule has 3 heteroatoms. The quantitative estimate of drug-likeness (QED) is 0.529. The number of benzene rings is 3. The van der Waals surface area contributed by atoms with Crippen LogP contribution in [0.2, 0.25) is 0 Å². The maximum atomic E-state index is 13.2. The minimum Gasteiger partial charge on any atom is -0.324 e. The molecule has 1 saturated carbocycles. The van der Waals surface area contributed by atoms with Crippen LogP contribution in [0.15, 0.2) is 97.2 Å². The third-order valence-electron chi connectivity index (χ3n) is 5.58. The minimum atomic E-state index is -0.0798. The summed E-state index contributed by atoms with van der Waals surface area (Å²) in [7, 11) is 0. The number of carbonyl (C=O) groups is 1. The highest BCUT2D eigenvalue weighted by Crippen LogP contribution is 2.60. The predicted molar refractivity (Wildman–Crippen MR) is 112 cm³/mol. The molecule has 0 bridgehead atoms. The summed E-state index contributed by atoms with van der Waals surface area (Å²) < 4.78 is 0. The first-order valence-corrected chi connectivity index (χ1v) is 9.57. The highest BCUT2D eigenvalue weighted by atomic mass is 16.2. The number of carbonyl (C=O) groups excluding carboxylic acids is 1. The molecule has 1 aliphatic carbocycles. The van der Waals surface area contributed by atoms with Crippen LogP contribution in [0, 0.1) is 5.92 Å². The fourth-order valence-corrected chi connectivity index (χ4v) is 4.24. The molecule has 0 radical (unpaired) electrons. The second-order valence-corrected chi connectivity index (χ2v) is 7.27. The smallest absolute Gasteiger partial charge is 0.228 e. The number of nitrogens with zero attached hydrogens (tertiary/aromatic N) is 1. The number of amides is 1. The molecule has 4 aromatic rings. The summed E-state index contributed by atoms with van der Waals surface area (Å²) in [6.45, 7) is 0. The van der Waals surface area contributed by atoms with E-state index in [1.54, 1.807) is 6.20 Å². The van der Waals surface area contributed by atoms with Crippen molar-refractivity contribution in [1.29, 1.82) is 0 Å². The normalized spacial score (nSPS) is 20.6. The molecule has 136 valence electrons. The van der Waals surface area contributed by atoms with Crippen molar-refractivity contribution in [1.82, 2.24) is 4.98 Å². The number of hydrogen-bond acceptors (Lipinski definition) is 2. The van der Waals surface area contributed by atoms with E-state index in [4.69, 9.17) is 0 Å². The zero-order valence-corrected chi connectivity index (χ0v) is 15.3. The molecular formula is C25H20N2O. The second-order valence-electron chi connectivity index (χ2n) is 7.27. The van der Waals surface area contributed by atoms with Crippen molar-refractivity contribution in [3.8, 4) is 0 Å². The number of rotatable bonds is 4. The van der Waals surface area contributed by atoms with E-state index in [0.717, 1.165) is 16.6 Å². The van der Waals surface area contributed by atoms with Crippen LogP contribution >= 0.6 is 0 Å². The molecule has 1 heterocycles. The average molecular weight is 364 g/mol. The molecule has 1 aliphatic rings. The van der Waals surface area contributed by atoms with Crippen LogP contribution in [0.3, 0.4) is 0 Å². The molecule has 0 aliphatic heterocycles. The summed E-state index contributed by atoms with van der Waals surface area (Å²) in [6.07, 6.45) is 1.76. The molecule has 1 amide bonds. The van der Waals surface area contributed by atoms with E-state index in [0.29, 0.717) is 0 Å². The number of hydrogen-bond donors (Lipinski definition) is 1. The summed E-state index contributed by atoms with van der Waals surface area (Å²) in [5, 5.41) is 4.17. The van der Waals surface area contributed by atoms with Crippen molar-refractivity contribution in [2.75, 3.05) is 5.32 Å². The van der Waals surface area contributed by atoms with E-state index < -0.39 is 0 Å². The highest BCUT2D eigenvalue weighted by molar-refractivity contribution is 6.03. The van der Waals surface area contributed by atoms with Gasteiger partial charge in [-0.25, -0.2) is 0 Å². The number of para-hydroxylation sites is 1. The monoisotopic (exact) mass is 364 g/mol. The Hall–Kier alpha value is -3.46. The van der Waals surface area contributed by atoms with Gasteiger partial charge in [0.2, 0.25) is 5.91 Å². The molecule has 3 atom stereocenters. The van der Waals surface area contributed by atoms with Crippen molar-refractivity contribution in [2.45, 2.75) is 11.8 Å². The summed E-state index contributed by atoms with van der Waals surface area (Å²) in [5.74, 6) is 0.377. The zero-order valence-electron chi connectivity index (χ0n) is 15.3. The molecule has 0 saturated heterocycles. The van der Waals surface area contributed by atoms with Crippen LogP contribution < -0.4 is 5.32 Å². The largest absolute Gasteiger partial charge is 0.324 e. The van der Waals surface area contributed by atoms with Crippen molar-refractivity contribution < 1.29 is 4.79 Å². The SMILES string of the molecule is O=C(Nc1cccc2cccnc12)C1[C@@H](c2ccccc2)[C@H]1c1ccccc1. The fourth-order valence-electron chi connectivity index (χ4n) is 4.24. The Bertz CT molecular complexity index is 1070. The third kappa shape index (κ3) is 2.95.